The first-order chi connectivity index (χ1) is 12.7. The number of aryl methyl sites for hydroxylation is 1. The quantitative estimate of drug-likeness (QED) is 0.690. The third kappa shape index (κ3) is 4.09. The summed E-state index contributed by atoms with van der Waals surface area (Å²) >= 11 is 11.8. The number of rotatable bonds is 4. The lowest BCUT2D eigenvalue weighted by atomic mass is 10.2. The predicted molar refractivity (Wildman–Crippen MR) is 94.0 cm³/mol. The number of nitrogens with zero attached hydrogens (tertiary/aromatic N) is 4. The van der Waals surface area contributed by atoms with Gasteiger partial charge in [-0.3, -0.25) is 14.2 Å². The van der Waals surface area contributed by atoms with Crippen molar-refractivity contribution >= 4 is 34.9 Å². The first-order valence-corrected chi connectivity index (χ1v) is 8.30. The molecular weight excluding hydrogens is 406 g/mol. The van der Waals surface area contributed by atoms with E-state index in [2.05, 4.69) is 15.5 Å². The van der Waals surface area contributed by atoms with Crippen molar-refractivity contribution in [3.05, 3.63) is 63.5 Å². The van der Waals surface area contributed by atoms with Crippen LogP contribution in [0.4, 0.5) is 19.0 Å². The topological polar surface area (TPSA) is 64.7 Å². The second-order valence-electron chi connectivity index (χ2n) is 5.58. The normalized spacial score (nSPS) is 11.6. The lowest BCUT2D eigenvalue weighted by Crippen LogP contribution is -2.17. The molecule has 0 aliphatic carbocycles. The molecule has 3 rings (SSSR count). The van der Waals surface area contributed by atoms with E-state index in [-0.39, 0.29) is 5.82 Å². The monoisotopic (exact) mass is 417 g/mol. The SMILES string of the molecule is Cn1nc(C(F)(F)F)c(Cl)c1C(=O)Nc1ccn(Cc2ccccc2Cl)n1. The molecule has 0 spiro atoms. The third-order valence-corrected chi connectivity index (χ3v) is 4.37. The maximum absolute atomic E-state index is 12.9. The maximum Gasteiger partial charge on any atom is 0.436 e. The van der Waals surface area contributed by atoms with Crippen LogP contribution in [0.15, 0.2) is 36.5 Å². The second-order valence-corrected chi connectivity index (χ2v) is 6.36. The standard InChI is InChI=1S/C16H12Cl2F3N5O/c1-25-13(12(18)14(24-25)16(19,20)21)15(27)22-11-6-7-26(23-11)8-9-4-2-3-5-10(9)17/h2-7H,8H2,1H3,(H,22,23,27). The summed E-state index contributed by atoms with van der Waals surface area (Å²) in [5.41, 5.74) is -0.907. The minimum atomic E-state index is -4.76. The Bertz CT molecular complexity index is 996. The van der Waals surface area contributed by atoms with E-state index in [0.717, 1.165) is 10.2 Å². The smallest absolute Gasteiger partial charge is 0.304 e. The van der Waals surface area contributed by atoms with Crippen LogP contribution in [0.3, 0.4) is 0 Å². The Labute approximate surface area is 161 Å². The van der Waals surface area contributed by atoms with Gasteiger partial charge in [0.2, 0.25) is 0 Å². The molecule has 1 N–H and O–H groups in total. The number of halogens is 5. The first kappa shape index (κ1) is 19.2. The van der Waals surface area contributed by atoms with Gasteiger partial charge in [-0.1, -0.05) is 41.4 Å². The summed E-state index contributed by atoms with van der Waals surface area (Å²) in [5.74, 6) is -0.702. The van der Waals surface area contributed by atoms with Crippen LogP contribution < -0.4 is 5.32 Å². The van der Waals surface area contributed by atoms with E-state index in [0.29, 0.717) is 11.6 Å². The zero-order valence-corrected chi connectivity index (χ0v) is 15.3. The summed E-state index contributed by atoms with van der Waals surface area (Å²) in [6, 6.07) is 8.70. The summed E-state index contributed by atoms with van der Waals surface area (Å²) in [6.45, 7) is 0.361. The van der Waals surface area contributed by atoms with Gasteiger partial charge in [-0.25, -0.2) is 0 Å². The summed E-state index contributed by atoms with van der Waals surface area (Å²) in [6.07, 6.45) is -3.16. The van der Waals surface area contributed by atoms with Crippen LogP contribution >= 0.6 is 23.2 Å². The van der Waals surface area contributed by atoms with Crippen molar-refractivity contribution in [1.29, 1.82) is 0 Å². The minimum absolute atomic E-state index is 0.151. The molecule has 0 atom stereocenters. The number of carbonyl (C=O) groups excluding carboxylic acids is 1. The van der Waals surface area contributed by atoms with Crippen molar-refractivity contribution in [2.75, 3.05) is 5.32 Å². The van der Waals surface area contributed by atoms with Gasteiger partial charge in [-0.05, 0) is 11.6 Å². The molecule has 1 amide bonds. The summed E-state index contributed by atoms with van der Waals surface area (Å²) in [5, 5.41) is 9.64. The molecule has 0 saturated heterocycles. The van der Waals surface area contributed by atoms with Crippen molar-refractivity contribution < 1.29 is 18.0 Å². The van der Waals surface area contributed by atoms with E-state index in [9.17, 15) is 18.0 Å². The van der Waals surface area contributed by atoms with Crippen molar-refractivity contribution in [3.63, 3.8) is 0 Å². The molecule has 2 heterocycles. The van der Waals surface area contributed by atoms with Crippen LogP contribution in [0.25, 0.3) is 0 Å². The molecular formula is C16H12Cl2F3N5O. The molecule has 142 valence electrons. The third-order valence-electron chi connectivity index (χ3n) is 3.65. The van der Waals surface area contributed by atoms with Crippen LogP contribution in [-0.2, 0) is 19.8 Å². The van der Waals surface area contributed by atoms with E-state index < -0.39 is 28.5 Å². The number of benzene rings is 1. The highest BCUT2D eigenvalue weighted by Gasteiger charge is 2.39. The van der Waals surface area contributed by atoms with Gasteiger partial charge in [0, 0.05) is 24.3 Å². The Hall–Kier alpha value is -2.52. The highest BCUT2D eigenvalue weighted by Crippen LogP contribution is 2.35. The summed E-state index contributed by atoms with van der Waals surface area (Å²) in [7, 11) is 1.20. The predicted octanol–water partition coefficient (Wildman–Crippen LogP) is 4.24. The average Bonchev–Trinajstić information content (AvgIpc) is 3.13. The highest BCUT2D eigenvalue weighted by atomic mass is 35.5. The minimum Gasteiger partial charge on any atom is -0.304 e. The Morgan fingerprint density at radius 3 is 2.52 bits per heavy atom. The fraction of sp³-hybridized carbons (Fsp3) is 0.188. The molecule has 0 bridgehead atoms. The van der Waals surface area contributed by atoms with Gasteiger partial charge >= 0.3 is 6.18 Å². The van der Waals surface area contributed by atoms with Gasteiger partial charge in [0.25, 0.3) is 5.91 Å². The number of carbonyl (C=O) groups is 1. The Kier molecular flexibility index (Phi) is 5.16. The van der Waals surface area contributed by atoms with Crippen LogP contribution in [0, 0.1) is 0 Å². The first-order valence-electron chi connectivity index (χ1n) is 7.54. The zero-order valence-electron chi connectivity index (χ0n) is 13.8. The molecule has 0 saturated carbocycles. The van der Waals surface area contributed by atoms with Gasteiger partial charge in [0.1, 0.15) is 10.7 Å². The molecule has 11 heteroatoms. The lowest BCUT2D eigenvalue weighted by Gasteiger charge is -2.05. The van der Waals surface area contributed by atoms with Gasteiger partial charge in [-0.15, -0.1) is 0 Å². The van der Waals surface area contributed by atoms with Gasteiger partial charge in [-0.2, -0.15) is 23.4 Å². The summed E-state index contributed by atoms with van der Waals surface area (Å²) < 4.78 is 40.9. The molecule has 3 aromatic rings. The van der Waals surface area contributed by atoms with Crippen molar-refractivity contribution in [2.45, 2.75) is 12.7 Å². The molecule has 27 heavy (non-hydrogen) atoms. The lowest BCUT2D eigenvalue weighted by molar-refractivity contribution is -0.141. The number of hydrogen-bond donors (Lipinski definition) is 1. The molecule has 6 nitrogen and oxygen atoms in total. The number of alkyl halides is 3. The maximum atomic E-state index is 12.9. The van der Waals surface area contributed by atoms with Crippen LogP contribution in [0.5, 0.6) is 0 Å². The molecule has 0 aliphatic heterocycles. The van der Waals surface area contributed by atoms with Crippen molar-refractivity contribution in [1.82, 2.24) is 19.6 Å². The molecule has 0 unspecified atom stereocenters. The second kappa shape index (κ2) is 7.24. The van der Waals surface area contributed by atoms with Crippen molar-refractivity contribution in [3.8, 4) is 0 Å². The summed E-state index contributed by atoms with van der Waals surface area (Å²) in [4.78, 5) is 12.3. The molecule has 0 radical (unpaired) electrons. The number of nitrogens with one attached hydrogen (secondary N) is 1. The van der Waals surface area contributed by atoms with E-state index >= 15 is 0 Å². The average molecular weight is 418 g/mol. The Morgan fingerprint density at radius 1 is 1.19 bits per heavy atom. The van der Waals surface area contributed by atoms with E-state index in [1.54, 1.807) is 18.3 Å². The fourth-order valence-electron chi connectivity index (χ4n) is 2.42. The van der Waals surface area contributed by atoms with E-state index in [1.807, 2.05) is 12.1 Å². The van der Waals surface area contributed by atoms with Gasteiger partial charge in [0.05, 0.1) is 6.54 Å². The van der Waals surface area contributed by atoms with Crippen LogP contribution in [0.1, 0.15) is 21.7 Å². The van der Waals surface area contributed by atoms with E-state index in [1.165, 1.54) is 17.8 Å². The molecule has 0 fully saturated rings. The Morgan fingerprint density at radius 2 is 1.89 bits per heavy atom. The van der Waals surface area contributed by atoms with Crippen LogP contribution in [-0.4, -0.2) is 25.5 Å². The molecule has 1 aromatic carbocycles. The van der Waals surface area contributed by atoms with Gasteiger partial charge < -0.3 is 5.32 Å². The highest BCUT2D eigenvalue weighted by molar-refractivity contribution is 6.34. The van der Waals surface area contributed by atoms with Gasteiger partial charge in [0.15, 0.2) is 11.5 Å². The fourth-order valence-corrected chi connectivity index (χ4v) is 2.97. The van der Waals surface area contributed by atoms with Crippen molar-refractivity contribution in [2.24, 2.45) is 7.05 Å². The van der Waals surface area contributed by atoms with E-state index in [4.69, 9.17) is 23.2 Å². The number of amides is 1. The molecule has 0 aliphatic rings. The zero-order chi connectivity index (χ0) is 19.8. The Balaban J connectivity index is 1.77. The molecule has 2 aromatic heterocycles. The number of aromatic nitrogens is 4. The number of anilines is 1. The van der Waals surface area contributed by atoms with Crippen LogP contribution in [0.2, 0.25) is 10.0 Å². The largest absolute Gasteiger partial charge is 0.436 e. The number of hydrogen-bond acceptors (Lipinski definition) is 3.